The second kappa shape index (κ2) is 10.4. The molecule has 1 amide bonds. The van der Waals surface area contributed by atoms with Gasteiger partial charge >= 0.3 is 5.97 Å². The Morgan fingerprint density at radius 3 is 2.39 bits per heavy atom. The van der Waals surface area contributed by atoms with Gasteiger partial charge in [0.2, 0.25) is 11.7 Å². The van der Waals surface area contributed by atoms with Crippen LogP contribution in [0.15, 0.2) is 59.1 Å². The van der Waals surface area contributed by atoms with Gasteiger partial charge in [0.1, 0.15) is 5.75 Å². The van der Waals surface area contributed by atoms with Gasteiger partial charge in [-0.15, -0.1) is 0 Å². The van der Waals surface area contributed by atoms with Crippen LogP contribution in [0.1, 0.15) is 53.9 Å². The molecule has 0 aliphatic carbocycles. The van der Waals surface area contributed by atoms with Crippen LogP contribution in [-0.4, -0.2) is 28.1 Å². The Morgan fingerprint density at radius 2 is 1.77 bits per heavy atom. The second-order valence-corrected chi connectivity index (χ2v) is 7.22. The van der Waals surface area contributed by atoms with E-state index in [1.54, 1.807) is 45.0 Å². The highest BCUT2D eigenvalue weighted by atomic mass is 16.5. The molecule has 1 heterocycles. The van der Waals surface area contributed by atoms with E-state index in [1.165, 1.54) is 0 Å². The molecule has 0 radical (unpaired) electrons. The van der Waals surface area contributed by atoms with E-state index in [0.717, 1.165) is 5.56 Å². The van der Waals surface area contributed by atoms with Crippen molar-refractivity contribution in [2.45, 2.75) is 45.9 Å². The minimum atomic E-state index is -0.502. The Balaban J connectivity index is 1.64. The van der Waals surface area contributed by atoms with Crippen molar-refractivity contribution in [3.05, 3.63) is 77.4 Å². The smallest absolute Gasteiger partial charge is 0.308 e. The highest BCUT2D eigenvalue weighted by Crippen LogP contribution is 2.20. The van der Waals surface area contributed by atoms with E-state index < -0.39 is 6.04 Å². The average molecular weight is 423 g/mol. The Morgan fingerprint density at radius 1 is 1.06 bits per heavy atom. The maximum atomic E-state index is 12.8. The third-order valence-electron chi connectivity index (χ3n) is 4.30. The molecule has 1 N–H and O–H groups in total. The molecule has 1 unspecified atom stereocenters. The summed E-state index contributed by atoms with van der Waals surface area (Å²) in [6.07, 6.45) is -0.178. The molecule has 8 nitrogen and oxygen atoms in total. The number of esters is 1. The molecule has 0 bridgehead atoms. The third-order valence-corrected chi connectivity index (χ3v) is 4.30. The largest absolute Gasteiger partial charge is 0.485 e. The number of carbonyl (C=O) groups excluding carboxylic acids is 2. The van der Waals surface area contributed by atoms with Crippen LogP contribution in [0, 0.1) is 6.92 Å². The summed E-state index contributed by atoms with van der Waals surface area (Å²) in [5.74, 6) is 0.810. The molecule has 162 valence electrons. The molecule has 1 atom stereocenters. The van der Waals surface area contributed by atoms with Crippen molar-refractivity contribution >= 4 is 11.9 Å². The van der Waals surface area contributed by atoms with Gasteiger partial charge in [0, 0.05) is 12.5 Å². The predicted molar refractivity (Wildman–Crippen MR) is 112 cm³/mol. The normalized spacial score (nSPS) is 11.7. The zero-order valence-electron chi connectivity index (χ0n) is 17.7. The lowest BCUT2D eigenvalue weighted by Crippen LogP contribution is -2.31. The van der Waals surface area contributed by atoms with E-state index >= 15 is 0 Å². The summed E-state index contributed by atoms with van der Waals surface area (Å²) in [4.78, 5) is 29.0. The van der Waals surface area contributed by atoms with Crippen molar-refractivity contribution in [3.63, 3.8) is 0 Å². The van der Waals surface area contributed by atoms with Gasteiger partial charge in [-0.2, -0.15) is 4.98 Å². The Bertz CT molecular complexity index is 1000. The summed E-state index contributed by atoms with van der Waals surface area (Å²) in [6.45, 7) is 5.45. The summed E-state index contributed by atoms with van der Waals surface area (Å²) in [7, 11) is 0. The number of rotatable bonds is 9. The molecule has 31 heavy (non-hydrogen) atoms. The van der Waals surface area contributed by atoms with Crippen LogP contribution in [-0.2, 0) is 16.1 Å². The maximum Gasteiger partial charge on any atom is 0.308 e. The molecule has 0 aliphatic heterocycles. The average Bonchev–Trinajstić information content (AvgIpc) is 3.17. The maximum absolute atomic E-state index is 12.8. The zero-order valence-corrected chi connectivity index (χ0v) is 17.7. The fourth-order valence-corrected chi connectivity index (χ4v) is 2.91. The van der Waals surface area contributed by atoms with Crippen LogP contribution < -0.4 is 10.1 Å². The van der Waals surface area contributed by atoms with Crippen molar-refractivity contribution in [1.29, 1.82) is 0 Å². The number of hydrogen-bond acceptors (Lipinski definition) is 7. The Hall–Kier alpha value is -3.68. The summed E-state index contributed by atoms with van der Waals surface area (Å²) >= 11 is 0. The van der Waals surface area contributed by atoms with Crippen molar-refractivity contribution in [3.8, 4) is 5.75 Å². The van der Waals surface area contributed by atoms with E-state index in [-0.39, 0.29) is 31.0 Å². The molecule has 0 saturated heterocycles. The number of nitrogens with zero attached hydrogens (tertiary/aromatic N) is 2. The molecular formula is C23H25N3O5. The molecule has 8 heteroatoms. The van der Waals surface area contributed by atoms with Gasteiger partial charge in [0.05, 0.1) is 18.6 Å². The highest BCUT2D eigenvalue weighted by molar-refractivity contribution is 5.94. The van der Waals surface area contributed by atoms with Crippen LogP contribution in [0.2, 0.25) is 0 Å². The van der Waals surface area contributed by atoms with E-state index in [0.29, 0.717) is 23.0 Å². The SMILES string of the molecule is Cc1nc(COc2ccc(C(=O)NC(CC(=O)OC(C)C)c3ccccc3)cc2)no1. The third kappa shape index (κ3) is 6.67. The number of carbonyl (C=O) groups is 2. The minimum Gasteiger partial charge on any atom is -0.485 e. The molecule has 0 saturated carbocycles. The van der Waals surface area contributed by atoms with Gasteiger partial charge in [0.25, 0.3) is 5.91 Å². The lowest BCUT2D eigenvalue weighted by Gasteiger charge is -2.19. The highest BCUT2D eigenvalue weighted by Gasteiger charge is 2.20. The van der Waals surface area contributed by atoms with Gasteiger partial charge in [-0.05, 0) is 43.7 Å². The van der Waals surface area contributed by atoms with Crippen LogP contribution in [0.4, 0.5) is 0 Å². The number of aromatic nitrogens is 2. The number of amides is 1. The Labute approximate surface area is 180 Å². The fraction of sp³-hybridized carbons (Fsp3) is 0.304. The first kappa shape index (κ1) is 22.0. The number of ether oxygens (including phenoxy) is 2. The van der Waals surface area contributed by atoms with E-state index in [4.69, 9.17) is 14.0 Å². The van der Waals surface area contributed by atoms with Crippen LogP contribution in [0.5, 0.6) is 5.75 Å². The summed E-state index contributed by atoms with van der Waals surface area (Å²) < 4.78 is 15.7. The van der Waals surface area contributed by atoms with Crippen LogP contribution in [0.3, 0.4) is 0 Å². The quantitative estimate of drug-likeness (QED) is 0.523. The molecule has 2 aromatic carbocycles. The lowest BCUT2D eigenvalue weighted by molar-refractivity contribution is -0.147. The fourth-order valence-electron chi connectivity index (χ4n) is 2.91. The van der Waals surface area contributed by atoms with Crippen molar-refractivity contribution in [2.75, 3.05) is 0 Å². The first-order valence-corrected chi connectivity index (χ1v) is 9.98. The molecular weight excluding hydrogens is 398 g/mol. The van der Waals surface area contributed by atoms with Crippen LogP contribution >= 0.6 is 0 Å². The summed E-state index contributed by atoms with van der Waals surface area (Å²) in [5, 5.41) is 6.69. The molecule has 1 aromatic heterocycles. The van der Waals surface area contributed by atoms with Gasteiger partial charge in [0.15, 0.2) is 6.61 Å². The molecule has 0 aliphatic rings. The van der Waals surface area contributed by atoms with E-state index in [1.807, 2.05) is 30.3 Å². The predicted octanol–water partition coefficient (Wildman–Crippen LogP) is 3.77. The van der Waals surface area contributed by atoms with E-state index in [9.17, 15) is 9.59 Å². The zero-order chi connectivity index (χ0) is 22.2. The van der Waals surface area contributed by atoms with Gasteiger partial charge < -0.3 is 19.3 Å². The summed E-state index contributed by atoms with van der Waals surface area (Å²) in [5.41, 5.74) is 1.27. The lowest BCUT2D eigenvalue weighted by atomic mass is 10.0. The van der Waals surface area contributed by atoms with E-state index in [2.05, 4.69) is 15.5 Å². The van der Waals surface area contributed by atoms with Gasteiger partial charge in [-0.1, -0.05) is 35.5 Å². The molecule has 3 aromatic rings. The van der Waals surface area contributed by atoms with Crippen molar-refractivity contribution < 1.29 is 23.6 Å². The molecule has 0 spiro atoms. The first-order chi connectivity index (χ1) is 14.9. The minimum absolute atomic E-state index is 0.0409. The van der Waals surface area contributed by atoms with Gasteiger partial charge in [-0.3, -0.25) is 9.59 Å². The topological polar surface area (TPSA) is 104 Å². The number of benzene rings is 2. The van der Waals surface area contributed by atoms with Crippen molar-refractivity contribution in [2.24, 2.45) is 0 Å². The molecule has 0 fully saturated rings. The second-order valence-electron chi connectivity index (χ2n) is 7.22. The van der Waals surface area contributed by atoms with Gasteiger partial charge in [-0.25, -0.2) is 0 Å². The Kier molecular flexibility index (Phi) is 7.37. The monoisotopic (exact) mass is 423 g/mol. The standard InChI is InChI=1S/C23H25N3O5/c1-15(2)30-22(27)13-20(17-7-5-4-6-8-17)25-23(28)18-9-11-19(12-10-18)29-14-21-24-16(3)31-26-21/h4-12,15,20H,13-14H2,1-3H3,(H,25,28). The van der Waals surface area contributed by atoms with Crippen LogP contribution in [0.25, 0.3) is 0 Å². The molecule has 3 rings (SSSR count). The number of nitrogens with one attached hydrogen (secondary N) is 1. The number of hydrogen-bond donors (Lipinski definition) is 1. The summed E-state index contributed by atoms with van der Waals surface area (Å²) in [6, 6.07) is 15.5. The van der Waals surface area contributed by atoms with Crippen molar-refractivity contribution in [1.82, 2.24) is 15.5 Å². The first-order valence-electron chi connectivity index (χ1n) is 9.98. The number of aryl methyl sites for hydroxylation is 1.